The van der Waals surface area contributed by atoms with Crippen molar-refractivity contribution in [1.82, 2.24) is 10.8 Å². The van der Waals surface area contributed by atoms with E-state index >= 15 is 0 Å². The molecule has 164 valence electrons. The zero-order valence-corrected chi connectivity index (χ0v) is 17.6. The number of para-hydroxylation sites is 1. The lowest BCUT2D eigenvalue weighted by Crippen LogP contribution is -2.47. The van der Waals surface area contributed by atoms with Gasteiger partial charge in [0, 0.05) is 36.7 Å². The van der Waals surface area contributed by atoms with Crippen LogP contribution >= 0.6 is 0 Å². The Kier molecular flexibility index (Phi) is 7.41. The van der Waals surface area contributed by atoms with Crippen LogP contribution in [0.1, 0.15) is 23.7 Å². The second-order valence-electron chi connectivity index (χ2n) is 7.26. The molecule has 1 aromatic heterocycles. The van der Waals surface area contributed by atoms with Crippen LogP contribution in [0.15, 0.2) is 59.0 Å². The van der Waals surface area contributed by atoms with Gasteiger partial charge in [0.05, 0.1) is 6.04 Å². The van der Waals surface area contributed by atoms with Gasteiger partial charge < -0.3 is 19.2 Å². The number of hydrogen-bond acceptors (Lipinski definition) is 6. The lowest BCUT2D eigenvalue weighted by Gasteiger charge is -2.27. The molecule has 0 bridgehead atoms. The molecule has 0 saturated carbocycles. The van der Waals surface area contributed by atoms with Crippen molar-refractivity contribution in [2.45, 2.75) is 25.7 Å². The topological polar surface area (TPSA) is 110 Å². The summed E-state index contributed by atoms with van der Waals surface area (Å²) in [5.41, 5.74) is 3.71. The standard InChI is InChI=1S/C23H26N2O6/c1-14(21(26)25-28)12-18(23(29-2)30-3)24-22(27)16-10-8-15(9-11-16)20-13-17-6-4-5-7-19(17)31-20/h4-11,13-14,18,23,28H,12H2,1-3H3,(H,24,27)(H,25,26)/t14-,18-/m0/s1. The number of ether oxygens (including phenoxy) is 2. The van der Waals surface area contributed by atoms with Crippen LogP contribution in [0.4, 0.5) is 0 Å². The Labute approximate surface area is 180 Å². The Morgan fingerprint density at radius 3 is 2.35 bits per heavy atom. The van der Waals surface area contributed by atoms with E-state index in [1.54, 1.807) is 24.5 Å². The maximum absolute atomic E-state index is 12.8. The lowest BCUT2D eigenvalue weighted by atomic mass is 10.00. The lowest BCUT2D eigenvalue weighted by molar-refractivity contribution is -0.138. The molecule has 0 radical (unpaired) electrons. The number of hydroxylamine groups is 1. The third-order valence-corrected chi connectivity index (χ3v) is 5.13. The monoisotopic (exact) mass is 426 g/mol. The van der Waals surface area contributed by atoms with Crippen molar-refractivity contribution in [1.29, 1.82) is 0 Å². The number of hydrogen-bond donors (Lipinski definition) is 3. The van der Waals surface area contributed by atoms with E-state index in [1.807, 2.05) is 42.5 Å². The number of fused-ring (bicyclic) bond motifs is 1. The maximum Gasteiger partial charge on any atom is 0.251 e. The normalized spacial score (nSPS) is 13.2. The molecule has 0 aliphatic heterocycles. The summed E-state index contributed by atoms with van der Waals surface area (Å²) in [5.74, 6) is -0.746. The number of amides is 2. The summed E-state index contributed by atoms with van der Waals surface area (Å²) >= 11 is 0. The fraction of sp³-hybridized carbons (Fsp3) is 0.304. The first-order valence-electron chi connectivity index (χ1n) is 9.86. The second-order valence-corrected chi connectivity index (χ2v) is 7.26. The van der Waals surface area contributed by atoms with E-state index in [1.165, 1.54) is 14.2 Å². The van der Waals surface area contributed by atoms with Crippen LogP contribution in [-0.4, -0.2) is 43.6 Å². The Morgan fingerprint density at radius 2 is 1.74 bits per heavy atom. The zero-order valence-electron chi connectivity index (χ0n) is 17.6. The molecule has 8 heteroatoms. The summed E-state index contributed by atoms with van der Waals surface area (Å²) in [6.45, 7) is 1.63. The highest BCUT2D eigenvalue weighted by Crippen LogP contribution is 2.27. The van der Waals surface area contributed by atoms with Crippen molar-refractivity contribution < 1.29 is 28.7 Å². The average Bonchev–Trinajstić information content (AvgIpc) is 3.23. The van der Waals surface area contributed by atoms with Crippen LogP contribution in [0.2, 0.25) is 0 Å². The molecule has 3 rings (SSSR count). The van der Waals surface area contributed by atoms with Gasteiger partial charge in [0.2, 0.25) is 5.91 Å². The van der Waals surface area contributed by atoms with Gasteiger partial charge in [-0.15, -0.1) is 0 Å². The van der Waals surface area contributed by atoms with Crippen LogP contribution in [-0.2, 0) is 14.3 Å². The molecule has 0 aliphatic carbocycles. The Morgan fingerprint density at radius 1 is 1.06 bits per heavy atom. The van der Waals surface area contributed by atoms with Crippen LogP contribution < -0.4 is 10.8 Å². The molecule has 1 heterocycles. The predicted octanol–water partition coefficient (Wildman–Crippen LogP) is 3.35. The number of carbonyl (C=O) groups is 2. The summed E-state index contributed by atoms with van der Waals surface area (Å²) < 4.78 is 16.4. The average molecular weight is 426 g/mol. The Balaban J connectivity index is 1.74. The first-order chi connectivity index (χ1) is 15.0. The number of furan rings is 1. The summed E-state index contributed by atoms with van der Waals surface area (Å²) in [5, 5.41) is 12.7. The number of nitrogens with one attached hydrogen (secondary N) is 2. The van der Waals surface area contributed by atoms with E-state index in [2.05, 4.69) is 5.32 Å². The van der Waals surface area contributed by atoms with Gasteiger partial charge >= 0.3 is 0 Å². The summed E-state index contributed by atoms with van der Waals surface area (Å²) in [4.78, 5) is 24.5. The minimum absolute atomic E-state index is 0.210. The second kappa shape index (κ2) is 10.2. The highest BCUT2D eigenvalue weighted by atomic mass is 16.7. The van der Waals surface area contributed by atoms with Gasteiger partial charge in [-0.05, 0) is 30.7 Å². The van der Waals surface area contributed by atoms with E-state index < -0.39 is 24.2 Å². The minimum Gasteiger partial charge on any atom is -0.456 e. The number of rotatable bonds is 9. The molecule has 2 aromatic carbocycles. The van der Waals surface area contributed by atoms with Gasteiger partial charge in [0.15, 0.2) is 6.29 Å². The molecular weight excluding hydrogens is 400 g/mol. The van der Waals surface area contributed by atoms with Gasteiger partial charge in [0.1, 0.15) is 11.3 Å². The summed E-state index contributed by atoms with van der Waals surface area (Å²) in [6, 6.07) is 16.1. The summed E-state index contributed by atoms with van der Waals surface area (Å²) in [7, 11) is 2.90. The molecule has 3 aromatic rings. The first kappa shape index (κ1) is 22.5. The highest BCUT2D eigenvalue weighted by molar-refractivity contribution is 5.95. The van der Waals surface area contributed by atoms with Crippen molar-refractivity contribution in [3.05, 3.63) is 60.2 Å². The van der Waals surface area contributed by atoms with Crippen LogP contribution in [0.3, 0.4) is 0 Å². The largest absolute Gasteiger partial charge is 0.456 e. The van der Waals surface area contributed by atoms with E-state index in [9.17, 15) is 9.59 Å². The number of methoxy groups -OCH3 is 2. The number of benzene rings is 2. The van der Waals surface area contributed by atoms with Crippen LogP contribution in [0.25, 0.3) is 22.3 Å². The molecule has 2 amide bonds. The predicted molar refractivity (Wildman–Crippen MR) is 114 cm³/mol. The minimum atomic E-state index is -0.757. The van der Waals surface area contributed by atoms with E-state index in [-0.39, 0.29) is 12.3 Å². The first-order valence-corrected chi connectivity index (χ1v) is 9.86. The molecular formula is C23H26N2O6. The van der Waals surface area contributed by atoms with Crippen molar-refractivity contribution >= 4 is 22.8 Å². The van der Waals surface area contributed by atoms with Crippen molar-refractivity contribution in [3.8, 4) is 11.3 Å². The van der Waals surface area contributed by atoms with Gasteiger partial charge in [0.25, 0.3) is 5.91 Å². The van der Waals surface area contributed by atoms with Crippen molar-refractivity contribution in [2.24, 2.45) is 5.92 Å². The molecule has 0 fully saturated rings. The maximum atomic E-state index is 12.8. The van der Waals surface area contributed by atoms with Crippen LogP contribution in [0.5, 0.6) is 0 Å². The van der Waals surface area contributed by atoms with E-state index in [0.29, 0.717) is 11.3 Å². The van der Waals surface area contributed by atoms with Crippen molar-refractivity contribution in [3.63, 3.8) is 0 Å². The highest BCUT2D eigenvalue weighted by Gasteiger charge is 2.28. The fourth-order valence-electron chi connectivity index (χ4n) is 3.42. The smallest absolute Gasteiger partial charge is 0.251 e. The quantitative estimate of drug-likeness (QED) is 0.275. The van der Waals surface area contributed by atoms with E-state index in [4.69, 9.17) is 19.1 Å². The third-order valence-electron chi connectivity index (χ3n) is 5.13. The molecule has 2 atom stereocenters. The van der Waals surface area contributed by atoms with Crippen LogP contribution in [0, 0.1) is 5.92 Å². The van der Waals surface area contributed by atoms with Crippen molar-refractivity contribution in [2.75, 3.05) is 14.2 Å². The third kappa shape index (κ3) is 5.29. The van der Waals surface area contributed by atoms with Gasteiger partial charge in [-0.3, -0.25) is 14.8 Å². The zero-order chi connectivity index (χ0) is 22.4. The summed E-state index contributed by atoms with van der Waals surface area (Å²) in [6.07, 6.45) is -0.547. The molecule has 8 nitrogen and oxygen atoms in total. The molecule has 0 saturated heterocycles. The SMILES string of the molecule is COC(OC)[C@H](C[C@H](C)C(=O)NO)NC(=O)c1ccc(-c2cc3ccccc3o2)cc1. The Hall–Kier alpha value is -3.20. The Bertz CT molecular complexity index is 993. The number of carbonyl (C=O) groups excluding carboxylic acids is 2. The van der Waals surface area contributed by atoms with Gasteiger partial charge in [-0.25, -0.2) is 5.48 Å². The van der Waals surface area contributed by atoms with Gasteiger partial charge in [-0.1, -0.05) is 37.3 Å². The molecule has 0 spiro atoms. The molecule has 0 aliphatic rings. The molecule has 0 unspecified atom stereocenters. The molecule has 31 heavy (non-hydrogen) atoms. The van der Waals surface area contributed by atoms with E-state index in [0.717, 1.165) is 16.5 Å². The van der Waals surface area contributed by atoms with Gasteiger partial charge in [-0.2, -0.15) is 0 Å². The molecule has 3 N–H and O–H groups in total. The fourth-order valence-corrected chi connectivity index (χ4v) is 3.42.